The molecule has 1 fully saturated rings. The lowest BCUT2D eigenvalue weighted by atomic mass is 10.2. The zero-order chi connectivity index (χ0) is 19.3. The van der Waals surface area contributed by atoms with Crippen molar-refractivity contribution in [3.63, 3.8) is 0 Å². The lowest BCUT2D eigenvalue weighted by Gasteiger charge is -2.27. The fourth-order valence-electron chi connectivity index (χ4n) is 3.29. The van der Waals surface area contributed by atoms with E-state index in [9.17, 15) is 9.59 Å². The monoisotopic (exact) mass is 398 g/mol. The molecule has 2 aliphatic heterocycles. The first-order valence-electron chi connectivity index (χ1n) is 9.33. The van der Waals surface area contributed by atoms with Gasteiger partial charge in [0, 0.05) is 37.3 Å². The molecule has 2 aliphatic rings. The molecular formula is C20H22N4O3S. The van der Waals surface area contributed by atoms with Crippen molar-refractivity contribution >= 4 is 29.3 Å². The first-order chi connectivity index (χ1) is 13.7. The van der Waals surface area contributed by atoms with Crippen LogP contribution in [0.1, 0.15) is 10.4 Å². The molecule has 7 nitrogen and oxygen atoms in total. The van der Waals surface area contributed by atoms with E-state index in [2.05, 4.69) is 15.2 Å². The zero-order valence-corrected chi connectivity index (χ0v) is 16.3. The number of benzene rings is 1. The van der Waals surface area contributed by atoms with Crippen molar-refractivity contribution in [3.05, 3.63) is 48.2 Å². The Morgan fingerprint density at radius 2 is 2.00 bits per heavy atom. The summed E-state index contributed by atoms with van der Waals surface area (Å²) in [7, 11) is 0. The van der Waals surface area contributed by atoms with Gasteiger partial charge in [-0.15, -0.1) is 0 Å². The van der Waals surface area contributed by atoms with Crippen LogP contribution in [0.2, 0.25) is 0 Å². The molecule has 3 heterocycles. The van der Waals surface area contributed by atoms with Crippen molar-refractivity contribution in [2.45, 2.75) is 9.92 Å². The summed E-state index contributed by atoms with van der Waals surface area (Å²) in [6.07, 6.45) is 1.70. The van der Waals surface area contributed by atoms with Gasteiger partial charge in [-0.3, -0.25) is 19.4 Å². The fourth-order valence-corrected chi connectivity index (χ4v) is 4.31. The van der Waals surface area contributed by atoms with Crippen molar-refractivity contribution in [2.24, 2.45) is 0 Å². The summed E-state index contributed by atoms with van der Waals surface area (Å²) in [5.74, 6) is -0.362. The van der Waals surface area contributed by atoms with Crippen molar-refractivity contribution in [2.75, 3.05) is 50.8 Å². The Morgan fingerprint density at radius 3 is 2.86 bits per heavy atom. The summed E-state index contributed by atoms with van der Waals surface area (Å²) in [5.41, 5.74) is 1.25. The summed E-state index contributed by atoms with van der Waals surface area (Å²) < 4.78 is 5.33. The third kappa shape index (κ3) is 4.19. The van der Waals surface area contributed by atoms with E-state index in [-0.39, 0.29) is 18.4 Å². The standard InChI is InChI=1S/C20H22N4O3S/c25-18(21-8-9-23-10-12-27-13-11-23)14-24-16-5-3-7-22-19(16)28-17-6-2-1-4-15(17)20(24)26/h1-7H,8-14H2,(H,21,25). The number of ether oxygens (including phenoxy) is 1. The molecule has 4 rings (SSSR count). The number of nitrogens with one attached hydrogen (secondary N) is 1. The first-order valence-corrected chi connectivity index (χ1v) is 10.1. The number of rotatable bonds is 5. The molecule has 0 saturated carbocycles. The number of amides is 2. The molecule has 0 bridgehead atoms. The van der Waals surface area contributed by atoms with E-state index >= 15 is 0 Å². The number of carbonyl (C=O) groups excluding carboxylic acids is 2. The quantitative estimate of drug-likeness (QED) is 0.825. The molecule has 28 heavy (non-hydrogen) atoms. The van der Waals surface area contributed by atoms with Gasteiger partial charge < -0.3 is 10.1 Å². The molecule has 0 radical (unpaired) electrons. The van der Waals surface area contributed by atoms with Gasteiger partial charge in [-0.05, 0) is 24.3 Å². The second kappa shape index (κ2) is 8.72. The van der Waals surface area contributed by atoms with E-state index in [0.29, 0.717) is 17.8 Å². The Hall–Kier alpha value is -2.42. The lowest BCUT2D eigenvalue weighted by molar-refractivity contribution is -0.119. The molecule has 2 amide bonds. The van der Waals surface area contributed by atoms with Crippen molar-refractivity contribution < 1.29 is 14.3 Å². The normalized spacial score (nSPS) is 16.9. The molecule has 2 aromatic rings. The number of fused-ring (bicyclic) bond motifs is 2. The van der Waals surface area contributed by atoms with Crippen LogP contribution in [0.15, 0.2) is 52.5 Å². The Morgan fingerprint density at radius 1 is 1.18 bits per heavy atom. The van der Waals surface area contributed by atoms with Gasteiger partial charge in [0.15, 0.2) is 0 Å². The minimum Gasteiger partial charge on any atom is -0.379 e. The highest BCUT2D eigenvalue weighted by Crippen LogP contribution is 2.39. The molecule has 1 aromatic carbocycles. The number of nitrogens with zero attached hydrogens (tertiary/aromatic N) is 3. The predicted molar refractivity (Wildman–Crippen MR) is 107 cm³/mol. The van der Waals surface area contributed by atoms with Gasteiger partial charge in [-0.2, -0.15) is 0 Å². The largest absolute Gasteiger partial charge is 0.379 e. The van der Waals surface area contributed by atoms with Gasteiger partial charge >= 0.3 is 0 Å². The van der Waals surface area contributed by atoms with E-state index in [4.69, 9.17) is 4.74 Å². The van der Waals surface area contributed by atoms with E-state index in [1.54, 1.807) is 18.3 Å². The summed E-state index contributed by atoms with van der Waals surface area (Å²) in [6, 6.07) is 11.0. The highest BCUT2D eigenvalue weighted by atomic mass is 32.2. The number of morpholine rings is 1. The van der Waals surface area contributed by atoms with Crippen LogP contribution in [-0.4, -0.2) is 67.6 Å². The second-order valence-electron chi connectivity index (χ2n) is 6.62. The van der Waals surface area contributed by atoms with Crippen molar-refractivity contribution in [1.82, 2.24) is 15.2 Å². The Labute approximate surface area is 168 Å². The van der Waals surface area contributed by atoms with Crippen LogP contribution in [0, 0.1) is 0 Å². The first kappa shape index (κ1) is 18.9. The Kier molecular flexibility index (Phi) is 5.90. The molecule has 8 heteroatoms. The van der Waals surface area contributed by atoms with Gasteiger partial charge in [0.25, 0.3) is 5.91 Å². The number of hydrogen-bond donors (Lipinski definition) is 1. The van der Waals surface area contributed by atoms with Crippen LogP contribution in [0.3, 0.4) is 0 Å². The Bertz CT molecular complexity index is 870. The molecule has 0 unspecified atom stereocenters. The predicted octanol–water partition coefficient (Wildman–Crippen LogP) is 1.64. The molecule has 0 atom stereocenters. The summed E-state index contributed by atoms with van der Waals surface area (Å²) in [4.78, 5) is 34.7. The minimum absolute atomic E-state index is 0.0322. The van der Waals surface area contributed by atoms with Crippen molar-refractivity contribution in [1.29, 1.82) is 0 Å². The lowest BCUT2D eigenvalue weighted by Crippen LogP contribution is -2.45. The van der Waals surface area contributed by atoms with E-state index in [1.807, 2.05) is 24.3 Å². The maximum Gasteiger partial charge on any atom is 0.259 e. The van der Waals surface area contributed by atoms with Gasteiger partial charge in [0.05, 0.1) is 24.5 Å². The molecule has 146 valence electrons. The van der Waals surface area contributed by atoms with Crippen LogP contribution in [0.25, 0.3) is 0 Å². The zero-order valence-electron chi connectivity index (χ0n) is 15.5. The third-order valence-corrected chi connectivity index (χ3v) is 5.85. The number of hydrogen-bond acceptors (Lipinski definition) is 6. The van der Waals surface area contributed by atoms with Crippen LogP contribution in [0.4, 0.5) is 5.69 Å². The number of carbonyl (C=O) groups is 2. The maximum absolute atomic E-state index is 13.1. The summed E-state index contributed by atoms with van der Waals surface area (Å²) >= 11 is 1.45. The van der Waals surface area contributed by atoms with E-state index in [0.717, 1.165) is 42.8 Å². The SMILES string of the molecule is O=C(CN1C(=O)c2ccccc2Sc2ncccc21)NCCN1CCOCC1. The smallest absolute Gasteiger partial charge is 0.259 e. The van der Waals surface area contributed by atoms with Gasteiger partial charge in [0.2, 0.25) is 5.91 Å². The Balaban J connectivity index is 1.46. The van der Waals surface area contributed by atoms with Crippen molar-refractivity contribution in [3.8, 4) is 0 Å². The van der Waals surface area contributed by atoms with Gasteiger partial charge in [-0.25, -0.2) is 4.98 Å². The molecule has 1 N–H and O–H groups in total. The fraction of sp³-hybridized carbons (Fsp3) is 0.350. The van der Waals surface area contributed by atoms with Gasteiger partial charge in [-0.1, -0.05) is 23.9 Å². The number of anilines is 1. The average molecular weight is 398 g/mol. The summed E-state index contributed by atoms with van der Waals surface area (Å²) in [6.45, 7) is 4.52. The molecule has 1 saturated heterocycles. The van der Waals surface area contributed by atoms with Gasteiger partial charge in [0.1, 0.15) is 11.6 Å². The number of pyridine rings is 1. The summed E-state index contributed by atoms with van der Waals surface area (Å²) in [5, 5.41) is 3.65. The topological polar surface area (TPSA) is 74.8 Å². The minimum atomic E-state index is -0.182. The molecule has 0 spiro atoms. The third-order valence-electron chi connectivity index (χ3n) is 4.77. The number of aromatic nitrogens is 1. The highest BCUT2D eigenvalue weighted by Gasteiger charge is 2.29. The highest BCUT2D eigenvalue weighted by molar-refractivity contribution is 7.99. The molecular weight excluding hydrogens is 376 g/mol. The second-order valence-corrected chi connectivity index (χ2v) is 7.65. The van der Waals surface area contributed by atoms with Crippen LogP contribution in [-0.2, 0) is 9.53 Å². The van der Waals surface area contributed by atoms with E-state index in [1.165, 1.54) is 16.7 Å². The average Bonchev–Trinajstić information content (AvgIpc) is 2.84. The van der Waals surface area contributed by atoms with Crippen LogP contribution in [0.5, 0.6) is 0 Å². The molecule has 1 aromatic heterocycles. The van der Waals surface area contributed by atoms with E-state index < -0.39 is 0 Å². The maximum atomic E-state index is 13.1. The molecule has 0 aliphatic carbocycles. The van der Waals surface area contributed by atoms with Crippen LogP contribution >= 0.6 is 11.8 Å². The van der Waals surface area contributed by atoms with Crippen LogP contribution < -0.4 is 10.2 Å².